The fourth-order valence-electron chi connectivity index (χ4n) is 4.27. The molecule has 1 fully saturated rings. The van der Waals surface area contributed by atoms with Gasteiger partial charge in [-0.25, -0.2) is 4.98 Å². The van der Waals surface area contributed by atoms with Crippen LogP contribution in [-0.2, 0) is 5.54 Å². The number of nitrogens with zero attached hydrogens (tertiary/aromatic N) is 5. The Kier molecular flexibility index (Phi) is 4.47. The molecule has 8 heteroatoms. The van der Waals surface area contributed by atoms with Crippen molar-refractivity contribution in [2.45, 2.75) is 32.2 Å². The Labute approximate surface area is 182 Å². The number of carbonyl (C=O) groups is 1. The largest absolute Gasteiger partial charge is 0.340 e. The van der Waals surface area contributed by atoms with E-state index in [-0.39, 0.29) is 5.91 Å². The second kappa shape index (κ2) is 7.05. The Balaban J connectivity index is 1.59. The maximum absolute atomic E-state index is 13.8. The van der Waals surface area contributed by atoms with Crippen LogP contribution in [0.1, 0.15) is 41.5 Å². The number of benzene rings is 2. The molecule has 0 aliphatic carbocycles. The number of H-pyrrole nitrogens is 1. The van der Waals surface area contributed by atoms with E-state index in [2.05, 4.69) is 38.0 Å². The van der Waals surface area contributed by atoms with E-state index in [1.54, 1.807) is 12.4 Å². The van der Waals surface area contributed by atoms with Crippen LogP contribution in [-0.4, -0.2) is 42.3 Å². The number of likely N-dealkylation sites (tertiary alicyclic amines) is 1. The molecular formula is C22H21BrN6O. The zero-order chi connectivity index (χ0) is 20.9. The molecule has 3 heterocycles. The predicted molar refractivity (Wildman–Crippen MR) is 118 cm³/mol. The fraction of sp³-hybridized carbons (Fsp3) is 0.273. The third-order valence-corrected chi connectivity index (χ3v) is 6.52. The number of para-hydroxylation sites is 1. The van der Waals surface area contributed by atoms with Crippen LogP contribution in [0, 0.1) is 6.92 Å². The van der Waals surface area contributed by atoms with Crippen molar-refractivity contribution in [3.8, 4) is 5.69 Å². The molecule has 0 radical (unpaired) electrons. The van der Waals surface area contributed by atoms with Crippen LogP contribution in [0.4, 0.5) is 0 Å². The smallest absolute Gasteiger partial charge is 0.256 e. The molecule has 152 valence electrons. The molecule has 1 saturated heterocycles. The lowest BCUT2D eigenvalue weighted by atomic mass is 9.96. The number of imidazole rings is 1. The highest BCUT2D eigenvalue weighted by molar-refractivity contribution is 9.10. The maximum Gasteiger partial charge on any atom is 0.256 e. The summed E-state index contributed by atoms with van der Waals surface area (Å²) in [4.78, 5) is 25.5. The van der Waals surface area contributed by atoms with Crippen molar-refractivity contribution in [1.82, 2.24) is 29.9 Å². The van der Waals surface area contributed by atoms with E-state index in [9.17, 15) is 4.79 Å². The Morgan fingerprint density at radius 1 is 1.20 bits per heavy atom. The molecule has 4 aromatic rings. The van der Waals surface area contributed by atoms with E-state index in [0.29, 0.717) is 17.8 Å². The molecule has 1 atom stereocenters. The van der Waals surface area contributed by atoms with Gasteiger partial charge in [-0.1, -0.05) is 17.7 Å². The van der Waals surface area contributed by atoms with Crippen molar-refractivity contribution in [2.24, 2.45) is 0 Å². The quantitative estimate of drug-likeness (QED) is 0.488. The third kappa shape index (κ3) is 2.94. The predicted octanol–water partition coefficient (Wildman–Crippen LogP) is 4.37. The maximum atomic E-state index is 13.8. The number of aryl methyl sites for hydroxylation is 1. The van der Waals surface area contributed by atoms with Gasteiger partial charge in [0, 0.05) is 11.0 Å². The zero-order valence-electron chi connectivity index (χ0n) is 16.8. The second-order valence-electron chi connectivity index (χ2n) is 7.89. The number of fused-ring (bicyclic) bond motifs is 1. The molecule has 2 aromatic heterocycles. The first-order valence-corrected chi connectivity index (χ1v) is 10.7. The first-order chi connectivity index (χ1) is 14.5. The van der Waals surface area contributed by atoms with Crippen molar-refractivity contribution < 1.29 is 4.79 Å². The minimum atomic E-state index is -0.520. The molecule has 1 amide bonds. The molecule has 1 aliphatic rings. The number of hydrogen-bond donors (Lipinski definition) is 1. The summed E-state index contributed by atoms with van der Waals surface area (Å²) in [7, 11) is 0. The lowest BCUT2D eigenvalue weighted by Crippen LogP contribution is -2.44. The number of rotatable bonds is 3. The molecule has 0 bridgehead atoms. The van der Waals surface area contributed by atoms with Gasteiger partial charge in [-0.2, -0.15) is 15.0 Å². The van der Waals surface area contributed by atoms with Gasteiger partial charge in [-0.05, 0) is 66.9 Å². The number of amides is 1. The van der Waals surface area contributed by atoms with Gasteiger partial charge in [-0.15, -0.1) is 0 Å². The fourth-order valence-corrected chi connectivity index (χ4v) is 4.72. The summed E-state index contributed by atoms with van der Waals surface area (Å²) in [6.07, 6.45) is 4.99. The Hall–Kier alpha value is -3.00. The Bertz CT molecular complexity index is 1250. The third-order valence-electron chi connectivity index (χ3n) is 5.88. The lowest BCUT2D eigenvalue weighted by molar-refractivity contribution is 0.0605. The minimum Gasteiger partial charge on any atom is -0.340 e. The van der Waals surface area contributed by atoms with E-state index < -0.39 is 5.54 Å². The number of aromatic nitrogens is 5. The number of hydrogen-bond acceptors (Lipinski definition) is 4. The van der Waals surface area contributed by atoms with Crippen LogP contribution >= 0.6 is 15.9 Å². The van der Waals surface area contributed by atoms with Crippen LogP contribution in [0.25, 0.3) is 16.7 Å². The van der Waals surface area contributed by atoms with Crippen molar-refractivity contribution >= 4 is 32.9 Å². The monoisotopic (exact) mass is 464 g/mol. The van der Waals surface area contributed by atoms with Crippen LogP contribution in [0.5, 0.6) is 0 Å². The first kappa shape index (κ1) is 19.0. The van der Waals surface area contributed by atoms with Crippen LogP contribution in [0.3, 0.4) is 0 Å². The van der Waals surface area contributed by atoms with Gasteiger partial charge in [0.05, 0.1) is 34.7 Å². The summed E-state index contributed by atoms with van der Waals surface area (Å²) < 4.78 is 0.938. The van der Waals surface area contributed by atoms with Crippen LogP contribution < -0.4 is 0 Å². The molecule has 30 heavy (non-hydrogen) atoms. The molecule has 1 N–H and O–H groups in total. The first-order valence-electron chi connectivity index (χ1n) is 9.91. The SMILES string of the molecule is Cc1ccc(-n2nccn2)c(C(=O)N2CCC[C@@]2(C)c2nc3c(Br)cccc3[nH]2)c1. The van der Waals surface area contributed by atoms with Gasteiger partial charge in [0.25, 0.3) is 5.91 Å². The molecular weight excluding hydrogens is 444 g/mol. The minimum absolute atomic E-state index is 0.0366. The van der Waals surface area contributed by atoms with E-state index in [1.165, 1.54) is 4.80 Å². The van der Waals surface area contributed by atoms with Gasteiger partial charge in [0.2, 0.25) is 0 Å². The standard InChI is InChI=1S/C22H21BrN6O/c1-14-7-8-18(29-24-10-11-25-29)15(13-14)20(30)28-12-4-9-22(28,2)21-26-17-6-3-5-16(23)19(17)27-21/h3,5-8,10-11,13H,4,9,12H2,1-2H3,(H,26,27)/t22-/m0/s1. The van der Waals surface area contributed by atoms with E-state index >= 15 is 0 Å². The van der Waals surface area contributed by atoms with E-state index in [1.807, 2.05) is 48.2 Å². The second-order valence-corrected chi connectivity index (χ2v) is 8.75. The molecule has 0 saturated carbocycles. The van der Waals surface area contributed by atoms with Crippen molar-refractivity contribution in [1.29, 1.82) is 0 Å². The van der Waals surface area contributed by atoms with Crippen molar-refractivity contribution in [3.05, 3.63) is 70.2 Å². The summed E-state index contributed by atoms with van der Waals surface area (Å²) in [5, 5.41) is 8.46. The van der Waals surface area contributed by atoms with Gasteiger partial charge < -0.3 is 9.88 Å². The van der Waals surface area contributed by atoms with E-state index in [0.717, 1.165) is 39.7 Å². The number of aromatic amines is 1. The van der Waals surface area contributed by atoms with Crippen LogP contribution in [0.2, 0.25) is 0 Å². The average Bonchev–Trinajstić information content (AvgIpc) is 3.47. The van der Waals surface area contributed by atoms with E-state index in [4.69, 9.17) is 4.98 Å². The van der Waals surface area contributed by atoms with Gasteiger partial charge in [0.1, 0.15) is 11.3 Å². The summed E-state index contributed by atoms with van der Waals surface area (Å²) >= 11 is 3.58. The molecule has 0 unspecified atom stereocenters. The highest BCUT2D eigenvalue weighted by Gasteiger charge is 2.44. The van der Waals surface area contributed by atoms with Gasteiger partial charge in [-0.3, -0.25) is 4.79 Å². The number of halogens is 1. The van der Waals surface area contributed by atoms with Crippen LogP contribution in [0.15, 0.2) is 53.3 Å². The van der Waals surface area contributed by atoms with Gasteiger partial charge >= 0.3 is 0 Å². The van der Waals surface area contributed by atoms with Crippen molar-refractivity contribution in [3.63, 3.8) is 0 Å². The van der Waals surface area contributed by atoms with Gasteiger partial charge in [0.15, 0.2) is 0 Å². The summed E-state index contributed by atoms with van der Waals surface area (Å²) in [6.45, 7) is 4.75. The average molecular weight is 465 g/mol. The summed E-state index contributed by atoms with van der Waals surface area (Å²) in [5.41, 5.74) is 3.60. The Morgan fingerprint density at radius 2 is 2.00 bits per heavy atom. The Morgan fingerprint density at radius 3 is 2.77 bits per heavy atom. The molecule has 2 aromatic carbocycles. The zero-order valence-corrected chi connectivity index (χ0v) is 18.3. The molecule has 1 aliphatic heterocycles. The molecule has 7 nitrogen and oxygen atoms in total. The highest BCUT2D eigenvalue weighted by Crippen LogP contribution is 2.40. The number of nitrogens with one attached hydrogen (secondary N) is 1. The molecule has 0 spiro atoms. The lowest BCUT2D eigenvalue weighted by Gasteiger charge is -2.34. The molecule has 5 rings (SSSR count). The summed E-state index contributed by atoms with van der Waals surface area (Å²) in [6, 6.07) is 11.7. The number of carbonyl (C=O) groups excluding carboxylic acids is 1. The topological polar surface area (TPSA) is 79.7 Å². The highest BCUT2D eigenvalue weighted by atomic mass is 79.9. The summed E-state index contributed by atoms with van der Waals surface area (Å²) in [5.74, 6) is 0.771. The van der Waals surface area contributed by atoms with Crippen molar-refractivity contribution in [2.75, 3.05) is 6.54 Å². The normalized spacial score (nSPS) is 19.0.